The SMILES string of the molecule is COc1cccc(NC(=O)[C@H]2Sc3nnc(C)n3N[C@H]2c2ccc(F)cc2)c1. The highest BCUT2D eigenvalue weighted by Gasteiger charge is 2.37. The Bertz CT molecular complexity index is 1010. The summed E-state index contributed by atoms with van der Waals surface area (Å²) in [6.07, 6.45) is 0. The molecule has 7 nitrogen and oxygen atoms in total. The topological polar surface area (TPSA) is 81.1 Å². The van der Waals surface area contributed by atoms with Crippen molar-refractivity contribution in [2.45, 2.75) is 23.4 Å². The lowest BCUT2D eigenvalue weighted by atomic mass is 10.0. The van der Waals surface area contributed by atoms with Crippen LogP contribution in [0.25, 0.3) is 0 Å². The largest absolute Gasteiger partial charge is 0.497 e. The zero-order valence-electron chi connectivity index (χ0n) is 15.2. The number of methoxy groups -OCH3 is 1. The van der Waals surface area contributed by atoms with Crippen molar-refractivity contribution in [2.75, 3.05) is 17.9 Å². The standard InChI is InChI=1S/C19H18FN5O2S/c1-11-22-23-19-25(11)24-16(12-6-8-13(20)9-7-12)17(28-19)18(26)21-14-4-3-5-15(10-14)27-2/h3-10,16-17,24H,1-2H3,(H,21,26)/t16-,17-/m0/s1. The number of hydrogen-bond donors (Lipinski definition) is 2. The van der Waals surface area contributed by atoms with Gasteiger partial charge in [-0.2, -0.15) is 0 Å². The van der Waals surface area contributed by atoms with Crippen molar-refractivity contribution in [1.29, 1.82) is 0 Å². The summed E-state index contributed by atoms with van der Waals surface area (Å²) in [5.41, 5.74) is 4.70. The van der Waals surface area contributed by atoms with Crippen LogP contribution in [0.15, 0.2) is 53.7 Å². The number of ether oxygens (including phenoxy) is 1. The van der Waals surface area contributed by atoms with Crippen molar-refractivity contribution in [3.63, 3.8) is 0 Å². The summed E-state index contributed by atoms with van der Waals surface area (Å²) in [4.78, 5) is 13.1. The number of carbonyl (C=O) groups is 1. The number of aryl methyl sites for hydroxylation is 1. The summed E-state index contributed by atoms with van der Waals surface area (Å²) >= 11 is 1.31. The molecule has 2 heterocycles. The van der Waals surface area contributed by atoms with Crippen molar-refractivity contribution in [3.8, 4) is 5.75 Å². The quantitative estimate of drug-likeness (QED) is 0.702. The van der Waals surface area contributed by atoms with Crippen LogP contribution in [0, 0.1) is 12.7 Å². The molecule has 0 spiro atoms. The summed E-state index contributed by atoms with van der Waals surface area (Å²) in [5.74, 6) is 0.802. The fourth-order valence-electron chi connectivity index (χ4n) is 2.99. The highest BCUT2D eigenvalue weighted by Crippen LogP contribution is 2.37. The van der Waals surface area contributed by atoms with Crippen LogP contribution < -0.4 is 15.5 Å². The number of nitrogens with zero attached hydrogens (tertiary/aromatic N) is 3. The molecule has 144 valence electrons. The molecule has 0 saturated heterocycles. The molecule has 2 aromatic carbocycles. The summed E-state index contributed by atoms with van der Waals surface area (Å²) in [7, 11) is 1.57. The van der Waals surface area contributed by atoms with Gasteiger partial charge in [-0.25, -0.2) is 9.07 Å². The van der Waals surface area contributed by atoms with Gasteiger partial charge in [0.2, 0.25) is 11.1 Å². The molecule has 0 aliphatic carbocycles. The molecule has 1 amide bonds. The van der Waals surface area contributed by atoms with Crippen LogP contribution in [0.3, 0.4) is 0 Å². The van der Waals surface area contributed by atoms with E-state index in [1.54, 1.807) is 48.2 Å². The van der Waals surface area contributed by atoms with Gasteiger partial charge in [-0.05, 0) is 36.8 Å². The molecular weight excluding hydrogens is 381 g/mol. The van der Waals surface area contributed by atoms with Gasteiger partial charge in [-0.15, -0.1) is 10.2 Å². The molecule has 28 heavy (non-hydrogen) atoms. The molecule has 0 unspecified atom stereocenters. The molecule has 1 aliphatic heterocycles. The number of benzene rings is 2. The lowest BCUT2D eigenvalue weighted by molar-refractivity contribution is -0.116. The number of hydrogen-bond acceptors (Lipinski definition) is 6. The van der Waals surface area contributed by atoms with Crippen molar-refractivity contribution >= 4 is 23.4 Å². The van der Waals surface area contributed by atoms with Gasteiger partial charge in [0, 0.05) is 11.8 Å². The first-order valence-corrected chi connectivity index (χ1v) is 9.49. The van der Waals surface area contributed by atoms with E-state index in [1.165, 1.54) is 23.9 Å². The monoisotopic (exact) mass is 399 g/mol. The first kappa shape index (κ1) is 18.3. The Kier molecular flexibility index (Phi) is 4.91. The van der Waals surface area contributed by atoms with Gasteiger partial charge in [0.1, 0.15) is 22.6 Å². The van der Waals surface area contributed by atoms with E-state index in [-0.39, 0.29) is 11.7 Å². The molecule has 2 atom stereocenters. The Morgan fingerprint density at radius 1 is 1.25 bits per heavy atom. The van der Waals surface area contributed by atoms with E-state index in [1.807, 2.05) is 6.92 Å². The Balaban J connectivity index is 1.65. The van der Waals surface area contributed by atoms with Crippen LogP contribution in [0.1, 0.15) is 17.4 Å². The maximum Gasteiger partial charge on any atom is 0.240 e. The smallest absolute Gasteiger partial charge is 0.240 e. The predicted octanol–water partition coefficient (Wildman–Crippen LogP) is 3.13. The molecule has 4 rings (SSSR count). The molecule has 0 bridgehead atoms. The number of thioether (sulfide) groups is 1. The van der Waals surface area contributed by atoms with E-state index in [0.29, 0.717) is 22.4 Å². The molecule has 9 heteroatoms. The van der Waals surface area contributed by atoms with Gasteiger partial charge in [-0.3, -0.25) is 4.79 Å². The first-order valence-electron chi connectivity index (χ1n) is 8.61. The number of amides is 1. The normalized spacial score (nSPS) is 18.1. The molecule has 0 radical (unpaired) electrons. The third kappa shape index (κ3) is 3.53. The summed E-state index contributed by atoms with van der Waals surface area (Å²) < 4.78 is 20.3. The van der Waals surface area contributed by atoms with E-state index in [9.17, 15) is 9.18 Å². The van der Waals surface area contributed by atoms with Gasteiger partial charge in [-0.1, -0.05) is 30.0 Å². The number of rotatable bonds is 4. The number of anilines is 1. The number of carbonyl (C=O) groups excluding carboxylic acids is 1. The van der Waals surface area contributed by atoms with E-state index in [4.69, 9.17) is 4.74 Å². The van der Waals surface area contributed by atoms with Crippen molar-refractivity contribution in [2.24, 2.45) is 0 Å². The highest BCUT2D eigenvalue weighted by molar-refractivity contribution is 8.00. The van der Waals surface area contributed by atoms with E-state index in [0.717, 1.165) is 5.56 Å². The van der Waals surface area contributed by atoms with E-state index < -0.39 is 11.3 Å². The van der Waals surface area contributed by atoms with Crippen molar-refractivity contribution in [1.82, 2.24) is 14.9 Å². The van der Waals surface area contributed by atoms with Gasteiger partial charge < -0.3 is 15.5 Å². The van der Waals surface area contributed by atoms with Crippen LogP contribution in [0.5, 0.6) is 5.75 Å². The molecular formula is C19H18FN5O2S. The lowest BCUT2D eigenvalue weighted by Crippen LogP contribution is -2.41. The minimum atomic E-state index is -0.534. The second-order valence-electron chi connectivity index (χ2n) is 6.28. The molecule has 1 aromatic heterocycles. The maximum absolute atomic E-state index is 13.4. The third-order valence-electron chi connectivity index (χ3n) is 4.42. The van der Waals surface area contributed by atoms with E-state index >= 15 is 0 Å². The number of nitrogens with one attached hydrogen (secondary N) is 2. The second-order valence-corrected chi connectivity index (χ2v) is 7.39. The fraction of sp³-hybridized carbons (Fsp3) is 0.211. The Morgan fingerprint density at radius 3 is 2.79 bits per heavy atom. The number of aromatic nitrogens is 3. The average molecular weight is 399 g/mol. The maximum atomic E-state index is 13.4. The van der Waals surface area contributed by atoms with Crippen molar-refractivity contribution in [3.05, 3.63) is 65.7 Å². The van der Waals surface area contributed by atoms with Gasteiger partial charge in [0.25, 0.3) is 0 Å². The zero-order chi connectivity index (χ0) is 19.7. The average Bonchev–Trinajstić information content (AvgIpc) is 3.08. The van der Waals surface area contributed by atoms with Crippen LogP contribution in [0.4, 0.5) is 10.1 Å². The van der Waals surface area contributed by atoms with Crippen molar-refractivity contribution < 1.29 is 13.9 Å². The Hall–Kier alpha value is -3.07. The third-order valence-corrected chi connectivity index (χ3v) is 5.64. The first-order chi connectivity index (χ1) is 13.5. The number of fused-ring (bicyclic) bond motifs is 1. The second kappa shape index (κ2) is 7.51. The molecule has 1 aliphatic rings. The summed E-state index contributed by atoms with van der Waals surface area (Å²) in [6.45, 7) is 1.82. The van der Waals surface area contributed by atoms with E-state index in [2.05, 4.69) is 20.9 Å². The molecule has 0 saturated carbocycles. The van der Waals surface area contributed by atoms with Crippen LogP contribution in [-0.2, 0) is 4.79 Å². The summed E-state index contributed by atoms with van der Waals surface area (Å²) in [5, 5.41) is 11.2. The molecule has 3 aromatic rings. The number of halogens is 1. The van der Waals surface area contributed by atoms with Gasteiger partial charge in [0.15, 0.2) is 0 Å². The fourth-order valence-corrected chi connectivity index (χ4v) is 4.12. The van der Waals surface area contributed by atoms with Crippen LogP contribution >= 0.6 is 11.8 Å². The van der Waals surface area contributed by atoms with Crippen LogP contribution in [0.2, 0.25) is 0 Å². The Morgan fingerprint density at radius 2 is 2.04 bits per heavy atom. The lowest BCUT2D eigenvalue weighted by Gasteiger charge is -2.32. The Labute approximate surface area is 165 Å². The van der Waals surface area contributed by atoms with Crippen LogP contribution in [-0.4, -0.2) is 33.1 Å². The minimum Gasteiger partial charge on any atom is -0.497 e. The molecule has 0 fully saturated rings. The highest BCUT2D eigenvalue weighted by atomic mass is 32.2. The van der Waals surface area contributed by atoms with Gasteiger partial charge in [0.05, 0.1) is 13.2 Å². The zero-order valence-corrected chi connectivity index (χ0v) is 16.0. The predicted molar refractivity (Wildman–Crippen MR) is 105 cm³/mol. The van der Waals surface area contributed by atoms with Gasteiger partial charge >= 0.3 is 0 Å². The molecule has 2 N–H and O–H groups in total. The summed E-state index contributed by atoms with van der Waals surface area (Å²) in [6, 6.07) is 12.9. The minimum absolute atomic E-state index is 0.202.